The van der Waals surface area contributed by atoms with Crippen molar-refractivity contribution in [1.82, 2.24) is 15.0 Å². The molecular formula is C45H22B5N3OS. The van der Waals surface area contributed by atoms with Crippen molar-refractivity contribution in [2.24, 2.45) is 0 Å². The van der Waals surface area contributed by atoms with Crippen molar-refractivity contribution in [3.05, 3.63) is 133 Å². The average molecular weight is 707 g/mol. The van der Waals surface area contributed by atoms with E-state index in [0.29, 0.717) is 23.0 Å². The average Bonchev–Trinajstić information content (AvgIpc) is 3.82. The van der Waals surface area contributed by atoms with Crippen LogP contribution in [0.5, 0.6) is 0 Å². The summed E-state index contributed by atoms with van der Waals surface area (Å²) < 4.78 is 9.04. The Morgan fingerprint density at radius 2 is 0.909 bits per heavy atom. The Labute approximate surface area is 327 Å². The van der Waals surface area contributed by atoms with Crippen molar-refractivity contribution in [2.45, 2.75) is 0 Å². The summed E-state index contributed by atoms with van der Waals surface area (Å²) >= 11 is 1.81. The van der Waals surface area contributed by atoms with E-state index < -0.39 is 0 Å². The summed E-state index contributed by atoms with van der Waals surface area (Å²) in [5.41, 5.74) is 8.58. The van der Waals surface area contributed by atoms with Crippen molar-refractivity contribution in [3.8, 4) is 56.4 Å². The molecule has 0 saturated heterocycles. The quantitative estimate of drug-likeness (QED) is 0.194. The molecule has 10 aromatic rings. The summed E-state index contributed by atoms with van der Waals surface area (Å²) in [5, 5.41) is 4.42. The van der Waals surface area contributed by atoms with E-state index in [-0.39, 0.29) is 27.3 Å². The van der Waals surface area contributed by atoms with E-state index >= 15 is 0 Å². The number of benzene rings is 7. The van der Waals surface area contributed by atoms with E-state index in [2.05, 4.69) is 54.6 Å². The van der Waals surface area contributed by atoms with Crippen molar-refractivity contribution < 1.29 is 4.42 Å². The van der Waals surface area contributed by atoms with Gasteiger partial charge in [0.2, 0.25) is 0 Å². The minimum absolute atomic E-state index is 0.172. The van der Waals surface area contributed by atoms with Crippen LogP contribution in [0, 0.1) is 0 Å². The molecule has 244 valence electrons. The highest BCUT2D eigenvalue weighted by atomic mass is 32.1. The highest BCUT2D eigenvalue weighted by molar-refractivity contribution is 7.26. The molecule has 0 unspecified atom stereocenters. The molecule has 0 spiro atoms. The van der Waals surface area contributed by atoms with Gasteiger partial charge in [-0.05, 0) is 34.9 Å². The maximum Gasteiger partial charge on any atom is 0.164 e. The number of rotatable bonds is 5. The highest BCUT2D eigenvalue weighted by Crippen LogP contribution is 2.45. The summed E-state index contributed by atoms with van der Waals surface area (Å²) in [4.78, 5) is 15.2. The second kappa shape index (κ2) is 13.0. The van der Waals surface area contributed by atoms with Crippen LogP contribution in [0.1, 0.15) is 0 Å². The van der Waals surface area contributed by atoms with Crippen LogP contribution in [0.25, 0.3) is 98.5 Å². The molecule has 7 aromatic carbocycles. The highest BCUT2D eigenvalue weighted by Gasteiger charge is 2.22. The molecule has 0 saturated carbocycles. The number of nitrogens with zero attached hydrogens (tertiary/aromatic N) is 3. The smallest absolute Gasteiger partial charge is 0.164 e. The molecule has 4 nitrogen and oxygen atoms in total. The van der Waals surface area contributed by atoms with Crippen LogP contribution in [0.4, 0.5) is 0 Å². The van der Waals surface area contributed by atoms with Crippen LogP contribution >= 0.6 is 11.3 Å². The fourth-order valence-corrected chi connectivity index (χ4v) is 8.76. The number of aromatic nitrogens is 3. The van der Waals surface area contributed by atoms with E-state index in [4.69, 9.17) is 58.6 Å². The third-order valence-electron chi connectivity index (χ3n) is 10.3. The van der Waals surface area contributed by atoms with Crippen LogP contribution in [-0.2, 0) is 0 Å². The zero-order valence-electron chi connectivity index (χ0n) is 29.2. The van der Waals surface area contributed by atoms with Crippen LogP contribution < -0.4 is 27.3 Å². The topological polar surface area (TPSA) is 51.8 Å². The summed E-state index contributed by atoms with van der Waals surface area (Å²) in [5.74, 6) is 1.55. The molecule has 3 heterocycles. The zero-order chi connectivity index (χ0) is 37.4. The van der Waals surface area contributed by atoms with Crippen molar-refractivity contribution >= 4 is 120 Å². The zero-order valence-corrected chi connectivity index (χ0v) is 30.1. The van der Waals surface area contributed by atoms with E-state index in [1.165, 1.54) is 20.2 Å². The number of fused-ring (bicyclic) bond motifs is 6. The summed E-state index contributed by atoms with van der Waals surface area (Å²) in [6.45, 7) is 0. The molecule has 10 radical (unpaired) electrons. The summed E-state index contributed by atoms with van der Waals surface area (Å²) in [7, 11) is 31.2. The molecule has 0 bridgehead atoms. The third-order valence-corrected chi connectivity index (χ3v) is 11.5. The number of thiophene rings is 1. The third kappa shape index (κ3) is 5.38. The predicted octanol–water partition coefficient (Wildman–Crippen LogP) is 6.44. The SMILES string of the molecule is [B]c1c([B])c([B])c(-c2ccc(-c3nc(-c4ccccc4)nc(-c4cccc5oc6cccc(-c7cccc8c7sc7ccccc78)c6c45)n3)cc2)c([B])c1[B]. The van der Waals surface area contributed by atoms with Crippen LogP contribution in [0.15, 0.2) is 138 Å². The van der Waals surface area contributed by atoms with E-state index in [1.807, 2.05) is 78.9 Å². The molecule has 0 aliphatic rings. The van der Waals surface area contributed by atoms with Crippen LogP contribution in [-0.4, -0.2) is 54.2 Å². The van der Waals surface area contributed by atoms with Gasteiger partial charge in [0.25, 0.3) is 0 Å². The van der Waals surface area contributed by atoms with Gasteiger partial charge in [0, 0.05) is 53.2 Å². The molecule has 0 aliphatic heterocycles. The Kier molecular flexibility index (Phi) is 7.93. The first-order valence-electron chi connectivity index (χ1n) is 17.6. The lowest BCUT2D eigenvalue weighted by molar-refractivity contribution is 0.669. The van der Waals surface area contributed by atoms with Crippen LogP contribution in [0.2, 0.25) is 0 Å². The van der Waals surface area contributed by atoms with Gasteiger partial charge in [0.15, 0.2) is 17.5 Å². The van der Waals surface area contributed by atoms with Gasteiger partial charge < -0.3 is 4.42 Å². The Hall–Kier alpha value is -6.11. The lowest BCUT2D eigenvalue weighted by Crippen LogP contribution is -2.55. The van der Waals surface area contributed by atoms with Gasteiger partial charge in [-0.2, -0.15) is 0 Å². The Morgan fingerprint density at radius 1 is 0.400 bits per heavy atom. The lowest BCUT2D eigenvalue weighted by Gasteiger charge is -2.21. The van der Waals surface area contributed by atoms with Gasteiger partial charge in [0.1, 0.15) is 50.4 Å². The molecule has 0 aliphatic carbocycles. The molecule has 10 rings (SSSR count). The van der Waals surface area contributed by atoms with E-state index in [0.717, 1.165) is 55.3 Å². The fraction of sp³-hybridized carbons (Fsp3) is 0. The molecule has 0 N–H and O–H groups in total. The lowest BCUT2D eigenvalue weighted by atomic mass is 9.59. The van der Waals surface area contributed by atoms with Gasteiger partial charge in [-0.1, -0.05) is 126 Å². The largest absolute Gasteiger partial charge is 0.456 e. The predicted molar refractivity (Wildman–Crippen MR) is 234 cm³/mol. The molecule has 0 fully saturated rings. The first kappa shape index (κ1) is 33.5. The standard InChI is InChI=1S/C45H22B5N3OS/c46-37-34(38(47)40(49)41(50)39(37)48)23-19-21-25(22-20-23)44-51-43(24-9-2-1-3-10-24)52-45(53-44)30-15-8-17-32-36(30)35-27(12-7-16-31(35)54-32)29-14-6-13-28-26-11-4-5-18-33(26)55-42(28)29/h1-22H. The Morgan fingerprint density at radius 3 is 1.62 bits per heavy atom. The number of furan rings is 1. The maximum atomic E-state index is 6.56. The summed E-state index contributed by atoms with van der Waals surface area (Å²) in [6, 6.07) is 44.9. The van der Waals surface area contributed by atoms with Gasteiger partial charge >= 0.3 is 0 Å². The first-order valence-corrected chi connectivity index (χ1v) is 18.5. The molecule has 0 amide bonds. The first-order chi connectivity index (χ1) is 26.9. The fourth-order valence-electron chi connectivity index (χ4n) is 7.53. The van der Waals surface area contributed by atoms with Crippen molar-refractivity contribution in [1.29, 1.82) is 0 Å². The normalized spacial score (nSPS) is 11.6. The number of hydrogen-bond acceptors (Lipinski definition) is 5. The van der Waals surface area contributed by atoms with E-state index in [9.17, 15) is 0 Å². The Bertz CT molecular complexity index is 3130. The van der Waals surface area contributed by atoms with Crippen molar-refractivity contribution in [2.75, 3.05) is 0 Å². The second-order valence-corrected chi connectivity index (χ2v) is 14.5. The molecular weight excluding hydrogens is 685 g/mol. The monoisotopic (exact) mass is 707 g/mol. The number of hydrogen-bond donors (Lipinski definition) is 0. The van der Waals surface area contributed by atoms with Gasteiger partial charge in [-0.3, -0.25) is 0 Å². The van der Waals surface area contributed by atoms with Gasteiger partial charge in [-0.15, -0.1) is 27.7 Å². The van der Waals surface area contributed by atoms with E-state index in [1.54, 1.807) is 11.3 Å². The van der Waals surface area contributed by atoms with Gasteiger partial charge in [0.05, 0.1) is 0 Å². The second-order valence-electron chi connectivity index (χ2n) is 13.4. The maximum absolute atomic E-state index is 6.56. The molecule has 0 atom stereocenters. The molecule has 3 aromatic heterocycles. The van der Waals surface area contributed by atoms with Gasteiger partial charge in [-0.25, -0.2) is 15.0 Å². The Balaban J connectivity index is 1.18. The molecule has 10 heteroatoms. The minimum atomic E-state index is 0.172. The minimum Gasteiger partial charge on any atom is -0.456 e. The summed E-state index contributed by atoms with van der Waals surface area (Å²) in [6.07, 6.45) is 0. The van der Waals surface area contributed by atoms with Crippen molar-refractivity contribution in [3.63, 3.8) is 0 Å². The van der Waals surface area contributed by atoms with Crippen LogP contribution in [0.3, 0.4) is 0 Å². The molecule has 55 heavy (non-hydrogen) atoms.